The van der Waals surface area contributed by atoms with E-state index in [0.717, 1.165) is 23.3 Å². The highest BCUT2D eigenvalue weighted by Gasteiger charge is 2.31. The number of amides is 2. The van der Waals surface area contributed by atoms with Crippen molar-refractivity contribution in [2.45, 2.75) is 45.8 Å². The van der Waals surface area contributed by atoms with Gasteiger partial charge in [0.25, 0.3) is 5.91 Å². The molecule has 0 fully saturated rings. The Labute approximate surface area is 171 Å². The van der Waals surface area contributed by atoms with Crippen LogP contribution in [-0.2, 0) is 17.8 Å². The number of ether oxygens (including phenoxy) is 2. The van der Waals surface area contributed by atoms with E-state index in [2.05, 4.69) is 10.1 Å². The topological polar surface area (TPSA) is 67.9 Å². The monoisotopic (exact) mass is 422 g/mol. The second kappa shape index (κ2) is 7.89. The van der Waals surface area contributed by atoms with Crippen molar-refractivity contribution in [2.24, 2.45) is 0 Å². The number of nitrogens with one attached hydrogen (secondary N) is 1. The molecule has 3 rings (SSSR count). The van der Waals surface area contributed by atoms with Crippen molar-refractivity contribution in [3.8, 4) is 5.75 Å². The molecule has 0 unspecified atom stereocenters. The number of hydrogen-bond donors (Lipinski definition) is 1. The van der Waals surface area contributed by atoms with Crippen LogP contribution in [0.5, 0.6) is 5.75 Å². The Morgan fingerprint density at radius 2 is 1.60 bits per heavy atom. The third-order valence-electron chi connectivity index (χ3n) is 4.19. The summed E-state index contributed by atoms with van der Waals surface area (Å²) in [6.45, 7) is 6.16. The third kappa shape index (κ3) is 5.65. The first-order chi connectivity index (χ1) is 13.9. The van der Waals surface area contributed by atoms with Gasteiger partial charge in [0, 0.05) is 24.3 Å². The van der Waals surface area contributed by atoms with Gasteiger partial charge in [-0.2, -0.15) is 0 Å². The Bertz CT molecular complexity index is 950. The molecule has 0 aromatic heterocycles. The van der Waals surface area contributed by atoms with Crippen LogP contribution in [0.2, 0.25) is 0 Å². The smallest absolute Gasteiger partial charge is 0.444 e. The second-order valence-electron chi connectivity index (χ2n) is 7.85. The van der Waals surface area contributed by atoms with E-state index in [9.17, 15) is 22.8 Å². The van der Waals surface area contributed by atoms with Gasteiger partial charge >= 0.3 is 12.5 Å². The van der Waals surface area contributed by atoms with E-state index in [1.54, 1.807) is 37.8 Å². The van der Waals surface area contributed by atoms with Gasteiger partial charge in [-0.05, 0) is 68.3 Å². The van der Waals surface area contributed by atoms with Gasteiger partial charge in [0.2, 0.25) is 0 Å². The Kier molecular flexibility index (Phi) is 5.65. The summed E-state index contributed by atoms with van der Waals surface area (Å²) in [5.74, 6) is -0.880. The Morgan fingerprint density at radius 1 is 0.967 bits per heavy atom. The molecule has 0 saturated carbocycles. The minimum Gasteiger partial charge on any atom is -0.444 e. The molecule has 9 heteroatoms. The first-order valence-corrected chi connectivity index (χ1v) is 9.16. The number of alkyl halides is 3. The first-order valence-electron chi connectivity index (χ1n) is 9.16. The molecular weight excluding hydrogens is 401 g/mol. The van der Waals surface area contributed by atoms with E-state index in [-0.39, 0.29) is 5.56 Å². The molecule has 0 radical (unpaired) electrons. The first kappa shape index (κ1) is 21.5. The predicted octanol–water partition coefficient (Wildman–Crippen LogP) is 5.09. The maximum atomic E-state index is 12.4. The van der Waals surface area contributed by atoms with Crippen LogP contribution in [-0.4, -0.2) is 28.9 Å². The van der Waals surface area contributed by atoms with Crippen LogP contribution in [0.25, 0.3) is 0 Å². The number of benzene rings is 2. The van der Waals surface area contributed by atoms with Crippen molar-refractivity contribution in [1.29, 1.82) is 0 Å². The molecule has 1 aliphatic heterocycles. The molecule has 2 aromatic carbocycles. The van der Waals surface area contributed by atoms with Crippen molar-refractivity contribution in [1.82, 2.24) is 4.90 Å². The number of carbonyl (C=O) groups is 2. The highest BCUT2D eigenvalue weighted by Crippen LogP contribution is 2.28. The molecule has 2 amide bonds. The van der Waals surface area contributed by atoms with Gasteiger partial charge in [-0.1, -0.05) is 6.07 Å². The zero-order chi connectivity index (χ0) is 22.1. The molecule has 2 aromatic rings. The fourth-order valence-electron chi connectivity index (χ4n) is 2.94. The number of rotatable bonds is 3. The van der Waals surface area contributed by atoms with Gasteiger partial charge in [0.1, 0.15) is 11.4 Å². The predicted molar refractivity (Wildman–Crippen MR) is 103 cm³/mol. The molecule has 0 aliphatic carbocycles. The number of fused-ring (bicyclic) bond motifs is 1. The lowest BCUT2D eigenvalue weighted by molar-refractivity contribution is -0.274. The average Bonchev–Trinajstić information content (AvgIpc) is 3.03. The summed E-state index contributed by atoms with van der Waals surface area (Å²) < 4.78 is 45.8. The number of halogens is 3. The quantitative estimate of drug-likeness (QED) is 0.748. The van der Waals surface area contributed by atoms with Crippen molar-refractivity contribution in [3.05, 3.63) is 59.2 Å². The summed E-state index contributed by atoms with van der Waals surface area (Å²) >= 11 is 0. The van der Waals surface area contributed by atoms with Crippen LogP contribution in [0, 0.1) is 0 Å². The average molecular weight is 422 g/mol. The van der Waals surface area contributed by atoms with Crippen molar-refractivity contribution in [2.75, 3.05) is 5.32 Å². The van der Waals surface area contributed by atoms with Crippen LogP contribution < -0.4 is 10.1 Å². The fraction of sp³-hybridized carbons (Fsp3) is 0.333. The van der Waals surface area contributed by atoms with Crippen LogP contribution in [0.4, 0.5) is 23.7 Å². The van der Waals surface area contributed by atoms with E-state index in [1.165, 1.54) is 12.1 Å². The summed E-state index contributed by atoms with van der Waals surface area (Å²) in [6.07, 6.45) is -5.20. The van der Waals surface area contributed by atoms with E-state index >= 15 is 0 Å². The highest BCUT2D eigenvalue weighted by atomic mass is 19.4. The zero-order valence-corrected chi connectivity index (χ0v) is 16.7. The lowest BCUT2D eigenvalue weighted by Gasteiger charge is -2.24. The number of carbonyl (C=O) groups excluding carboxylic acids is 2. The van der Waals surface area contributed by atoms with Crippen LogP contribution in [0.1, 0.15) is 42.3 Å². The lowest BCUT2D eigenvalue weighted by Crippen LogP contribution is -2.33. The Hall–Kier alpha value is -3.23. The molecule has 6 nitrogen and oxygen atoms in total. The normalized spacial score (nSPS) is 13.6. The zero-order valence-electron chi connectivity index (χ0n) is 16.7. The van der Waals surface area contributed by atoms with Gasteiger partial charge in [-0.3, -0.25) is 9.69 Å². The Balaban J connectivity index is 1.64. The number of nitrogens with zero attached hydrogens (tertiary/aromatic N) is 1. The molecule has 0 saturated heterocycles. The van der Waals surface area contributed by atoms with E-state index in [0.29, 0.717) is 18.8 Å². The summed E-state index contributed by atoms with van der Waals surface area (Å²) in [5.41, 5.74) is 1.94. The fourth-order valence-corrected chi connectivity index (χ4v) is 2.94. The maximum absolute atomic E-state index is 12.4. The van der Waals surface area contributed by atoms with E-state index in [1.807, 2.05) is 6.07 Å². The van der Waals surface area contributed by atoms with Gasteiger partial charge in [-0.15, -0.1) is 13.2 Å². The SMILES string of the molecule is CC(C)(C)OC(=O)N1Cc2ccc(NC(=O)c3ccc(OC(F)(F)F)cc3)cc2C1. The molecule has 0 bridgehead atoms. The molecule has 160 valence electrons. The Morgan fingerprint density at radius 3 is 2.20 bits per heavy atom. The maximum Gasteiger partial charge on any atom is 0.573 e. The van der Waals surface area contributed by atoms with Crippen LogP contribution in [0.15, 0.2) is 42.5 Å². The van der Waals surface area contributed by atoms with Gasteiger partial charge in [-0.25, -0.2) is 4.79 Å². The second-order valence-corrected chi connectivity index (χ2v) is 7.85. The van der Waals surface area contributed by atoms with Gasteiger partial charge in [0.05, 0.1) is 0 Å². The minimum absolute atomic E-state index is 0.181. The largest absolute Gasteiger partial charge is 0.573 e. The molecule has 1 aliphatic rings. The van der Waals surface area contributed by atoms with Crippen molar-refractivity contribution < 1.29 is 32.2 Å². The molecule has 30 heavy (non-hydrogen) atoms. The molecule has 1 heterocycles. The van der Waals surface area contributed by atoms with Crippen molar-refractivity contribution in [3.63, 3.8) is 0 Å². The lowest BCUT2D eigenvalue weighted by atomic mass is 10.1. The summed E-state index contributed by atoms with van der Waals surface area (Å²) in [5, 5.41) is 2.70. The van der Waals surface area contributed by atoms with Gasteiger partial charge < -0.3 is 14.8 Å². The van der Waals surface area contributed by atoms with Gasteiger partial charge in [0.15, 0.2) is 0 Å². The minimum atomic E-state index is -4.79. The third-order valence-corrected chi connectivity index (χ3v) is 4.19. The van der Waals surface area contributed by atoms with Crippen LogP contribution >= 0.6 is 0 Å². The highest BCUT2D eigenvalue weighted by molar-refractivity contribution is 6.04. The number of anilines is 1. The van der Waals surface area contributed by atoms with Crippen molar-refractivity contribution >= 4 is 17.7 Å². The molecule has 0 atom stereocenters. The molecular formula is C21H21F3N2O4. The summed E-state index contributed by atoms with van der Waals surface area (Å²) in [4.78, 5) is 26.2. The number of hydrogen-bond acceptors (Lipinski definition) is 4. The van der Waals surface area contributed by atoms with E-state index < -0.39 is 29.7 Å². The summed E-state index contributed by atoms with van der Waals surface area (Å²) in [7, 11) is 0. The molecule has 1 N–H and O–H groups in total. The summed E-state index contributed by atoms with van der Waals surface area (Å²) in [6, 6.07) is 9.92. The molecule has 0 spiro atoms. The van der Waals surface area contributed by atoms with E-state index in [4.69, 9.17) is 4.74 Å². The van der Waals surface area contributed by atoms with Crippen LogP contribution in [0.3, 0.4) is 0 Å². The standard InChI is InChI=1S/C21H21F3N2O4/c1-20(2,3)30-19(28)26-11-14-4-7-16(10-15(14)12-26)25-18(27)13-5-8-17(9-6-13)29-21(22,23)24/h4-10H,11-12H2,1-3H3,(H,25,27).